The van der Waals surface area contributed by atoms with Gasteiger partial charge in [0.25, 0.3) is 0 Å². The van der Waals surface area contributed by atoms with Gasteiger partial charge in [0.15, 0.2) is 0 Å². The number of amides is 1. The van der Waals surface area contributed by atoms with Crippen molar-refractivity contribution in [1.82, 2.24) is 20.1 Å². The van der Waals surface area contributed by atoms with Crippen LogP contribution in [0.1, 0.15) is 62.5 Å². The number of benzene rings is 1. The van der Waals surface area contributed by atoms with Crippen LogP contribution in [0.3, 0.4) is 0 Å². The SMILES string of the molecule is CCn1ncnc1[C@H](NC(=O)Cc1ccc(C(C)C)cc1)C1CC1. The number of aryl methyl sites for hydroxylation is 1. The third-order valence-corrected chi connectivity index (χ3v) is 4.64. The molecule has 1 heterocycles. The average Bonchev–Trinajstić information content (AvgIpc) is 3.30. The summed E-state index contributed by atoms with van der Waals surface area (Å²) in [6, 6.07) is 8.30. The molecule has 1 atom stereocenters. The molecule has 1 fully saturated rings. The van der Waals surface area contributed by atoms with Crippen LogP contribution in [0.5, 0.6) is 0 Å². The van der Waals surface area contributed by atoms with Crippen molar-refractivity contribution in [3.8, 4) is 0 Å². The van der Waals surface area contributed by atoms with Crippen LogP contribution in [0.4, 0.5) is 0 Å². The molecule has 1 aromatic heterocycles. The predicted molar refractivity (Wildman–Crippen MR) is 93.5 cm³/mol. The second-order valence-electron chi connectivity index (χ2n) is 6.89. The Morgan fingerprint density at radius 1 is 1.29 bits per heavy atom. The highest BCUT2D eigenvalue weighted by atomic mass is 16.1. The third kappa shape index (κ3) is 3.83. The highest BCUT2D eigenvalue weighted by molar-refractivity contribution is 5.79. The van der Waals surface area contributed by atoms with Gasteiger partial charge in [-0.05, 0) is 42.7 Å². The van der Waals surface area contributed by atoms with Crippen LogP contribution >= 0.6 is 0 Å². The number of hydrogen-bond acceptors (Lipinski definition) is 3. The Bertz CT molecular complexity index is 686. The van der Waals surface area contributed by atoms with Crippen molar-refractivity contribution in [3.63, 3.8) is 0 Å². The molecule has 0 radical (unpaired) electrons. The quantitative estimate of drug-likeness (QED) is 0.850. The lowest BCUT2D eigenvalue weighted by atomic mass is 10.0. The Morgan fingerprint density at radius 3 is 2.58 bits per heavy atom. The Kier molecular flexibility index (Phi) is 4.97. The number of rotatable bonds is 7. The van der Waals surface area contributed by atoms with Gasteiger partial charge in [-0.3, -0.25) is 4.79 Å². The first-order valence-electron chi connectivity index (χ1n) is 8.84. The van der Waals surface area contributed by atoms with Gasteiger partial charge < -0.3 is 5.32 Å². The van der Waals surface area contributed by atoms with Crippen LogP contribution in [-0.2, 0) is 17.8 Å². The van der Waals surface area contributed by atoms with Gasteiger partial charge >= 0.3 is 0 Å². The Morgan fingerprint density at radius 2 is 2.00 bits per heavy atom. The molecule has 128 valence electrons. The maximum atomic E-state index is 12.5. The standard InChI is InChI=1S/C19H26N4O/c1-4-23-19(20-12-21-23)18(16-9-10-16)22-17(24)11-14-5-7-15(8-6-14)13(2)3/h5-8,12-13,16,18H,4,9-11H2,1-3H3,(H,22,24)/t18-/m1/s1. The molecule has 2 aromatic rings. The molecule has 3 rings (SSSR count). The number of nitrogens with one attached hydrogen (secondary N) is 1. The maximum Gasteiger partial charge on any atom is 0.225 e. The first-order valence-corrected chi connectivity index (χ1v) is 8.84. The molecule has 1 aliphatic rings. The Balaban J connectivity index is 1.66. The van der Waals surface area contributed by atoms with Crippen molar-refractivity contribution in [3.05, 3.63) is 47.5 Å². The summed E-state index contributed by atoms with van der Waals surface area (Å²) in [4.78, 5) is 16.9. The highest BCUT2D eigenvalue weighted by Crippen LogP contribution is 2.40. The molecule has 1 aliphatic carbocycles. The van der Waals surface area contributed by atoms with E-state index in [0.29, 0.717) is 18.3 Å². The fraction of sp³-hybridized carbons (Fsp3) is 0.526. The van der Waals surface area contributed by atoms with Crippen molar-refractivity contribution < 1.29 is 4.79 Å². The van der Waals surface area contributed by atoms with E-state index in [0.717, 1.165) is 30.8 Å². The topological polar surface area (TPSA) is 59.8 Å². The zero-order valence-electron chi connectivity index (χ0n) is 14.7. The van der Waals surface area contributed by atoms with Crippen LogP contribution in [0, 0.1) is 5.92 Å². The highest BCUT2D eigenvalue weighted by Gasteiger charge is 2.36. The summed E-state index contributed by atoms with van der Waals surface area (Å²) < 4.78 is 1.88. The van der Waals surface area contributed by atoms with Crippen LogP contribution in [-0.4, -0.2) is 20.7 Å². The van der Waals surface area contributed by atoms with E-state index in [4.69, 9.17) is 0 Å². The van der Waals surface area contributed by atoms with Crippen LogP contribution in [0.25, 0.3) is 0 Å². The van der Waals surface area contributed by atoms with E-state index < -0.39 is 0 Å². The average molecular weight is 326 g/mol. The minimum absolute atomic E-state index is 0.0186. The molecule has 0 saturated heterocycles. The van der Waals surface area contributed by atoms with E-state index in [2.05, 4.69) is 53.5 Å². The summed E-state index contributed by atoms with van der Waals surface area (Å²) >= 11 is 0. The molecule has 0 spiro atoms. The normalized spacial score (nSPS) is 15.5. The van der Waals surface area contributed by atoms with Crippen molar-refractivity contribution in [2.45, 2.75) is 58.5 Å². The monoisotopic (exact) mass is 326 g/mol. The molecule has 1 N–H and O–H groups in total. The van der Waals surface area contributed by atoms with E-state index in [9.17, 15) is 4.79 Å². The molecule has 1 amide bonds. The molecule has 5 nitrogen and oxygen atoms in total. The first kappa shape index (κ1) is 16.7. The molecule has 0 aliphatic heterocycles. The van der Waals surface area contributed by atoms with Crippen molar-refractivity contribution in [1.29, 1.82) is 0 Å². The van der Waals surface area contributed by atoms with Gasteiger partial charge in [-0.1, -0.05) is 38.1 Å². The molecule has 1 aromatic carbocycles. The number of hydrogen-bond donors (Lipinski definition) is 1. The lowest BCUT2D eigenvalue weighted by Gasteiger charge is -2.18. The molecular weight excluding hydrogens is 300 g/mol. The fourth-order valence-corrected chi connectivity index (χ4v) is 3.01. The lowest BCUT2D eigenvalue weighted by Crippen LogP contribution is -2.33. The van der Waals surface area contributed by atoms with Gasteiger partial charge in [0, 0.05) is 6.54 Å². The largest absolute Gasteiger partial charge is 0.346 e. The van der Waals surface area contributed by atoms with Gasteiger partial charge in [0.1, 0.15) is 12.2 Å². The van der Waals surface area contributed by atoms with Crippen molar-refractivity contribution >= 4 is 5.91 Å². The number of nitrogens with zero attached hydrogens (tertiary/aromatic N) is 3. The van der Waals surface area contributed by atoms with Crippen molar-refractivity contribution in [2.24, 2.45) is 5.92 Å². The summed E-state index contributed by atoms with van der Waals surface area (Å²) in [5.74, 6) is 1.93. The van der Waals surface area contributed by atoms with Gasteiger partial charge in [-0.2, -0.15) is 5.10 Å². The maximum absolute atomic E-state index is 12.5. The van der Waals surface area contributed by atoms with Gasteiger partial charge in [-0.15, -0.1) is 0 Å². The van der Waals surface area contributed by atoms with Gasteiger partial charge in [0.2, 0.25) is 5.91 Å². The van der Waals surface area contributed by atoms with E-state index in [1.54, 1.807) is 6.33 Å². The zero-order chi connectivity index (χ0) is 17.1. The lowest BCUT2D eigenvalue weighted by molar-refractivity contribution is -0.121. The summed E-state index contributed by atoms with van der Waals surface area (Å²) in [7, 11) is 0. The molecular formula is C19H26N4O. The van der Waals surface area contributed by atoms with E-state index in [1.165, 1.54) is 5.56 Å². The summed E-state index contributed by atoms with van der Waals surface area (Å²) in [6.45, 7) is 7.16. The molecule has 0 unspecified atom stereocenters. The molecule has 24 heavy (non-hydrogen) atoms. The minimum Gasteiger partial charge on any atom is -0.346 e. The molecule has 5 heteroatoms. The summed E-state index contributed by atoms with van der Waals surface area (Å²) in [5.41, 5.74) is 2.34. The van der Waals surface area contributed by atoms with E-state index >= 15 is 0 Å². The second-order valence-corrected chi connectivity index (χ2v) is 6.89. The third-order valence-electron chi connectivity index (χ3n) is 4.64. The minimum atomic E-state index is -0.0186. The Hall–Kier alpha value is -2.17. The van der Waals surface area contributed by atoms with Crippen molar-refractivity contribution in [2.75, 3.05) is 0 Å². The summed E-state index contributed by atoms with van der Waals surface area (Å²) in [5, 5.41) is 7.42. The smallest absolute Gasteiger partial charge is 0.225 e. The van der Waals surface area contributed by atoms with Crippen LogP contribution in [0.15, 0.2) is 30.6 Å². The molecule has 1 saturated carbocycles. The first-order chi connectivity index (χ1) is 11.6. The number of aromatic nitrogens is 3. The van der Waals surface area contributed by atoms with Gasteiger partial charge in [0.05, 0.1) is 12.5 Å². The van der Waals surface area contributed by atoms with Gasteiger partial charge in [-0.25, -0.2) is 9.67 Å². The van der Waals surface area contributed by atoms with Crippen LogP contribution in [0.2, 0.25) is 0 Å². The number of carbonyl (C=O) groups excluding carboxylic acids is 1. The van der Waals surface area contributed by atoms with E-state index in [-0.39, 0.29) is 11.9 Å². The second kappa shape index (κ2) is 7.16. The predicted octanol–water partition coefficient (Wildman–Crippen LogP) is 3.23. The summed E-state index contributed by atoms with van der Waals surface area (Å²) in [6.07, 6.45) is 4.27. The Labute approximate surface area is 143 Å². The fourth-order valence-electron chi connectivity index (χ4n) is 3.01. The molecule has 0 bridgehead atoms. The van der Waals surface area contributed by atoms with Crippen LogP contribution < -0.4 is 5.32 Å². The van der Waals surface area contributed by atoms with E-state index in [1.807, 2.05) is 11.6 Å². The number of carbonyl (C=O) groups is 1. The zero-order valence-corrected chi connectivity index (χ0v) is 14.7.